The van der Waals surface area contributed by atoms with Gasteiger partial charge in [-0.25, -0.2) is 0 Å². The Morgan fingerprint density at radius 1 is 1.53 bits per heavy atom. The van der Waals surface area contributed by atoms with E-state index < -0.39 is 0 Å². The fraction of sp³-hybridized carbons (Fsp3) is 0.455. The second-order valence-electron chi connectivity index (χ2n) is 3.63. The summed E-state index contributed by atoms with van der Waals surface area (Å²) in [5, 5.41) is 3.21. The van der Waals surface area contributed by atoms with Crippen molar-refractivity contribution in [3.63, 3.8) is 0 Å². The summed E-state index contributed by atoms with van der Waals surface area (Å²) >= 11 is 0. The molecule has 1 saturated heterocycles. The molecule has 0 radical (unpaired) electrons. The first-order chi connectivity index (χ1) is 7.31. The van der Waals surface area contributed by atoms with E-state index in [0.29, 0.717) is 18.7 Å². The van der Waals surface area contributed by atoms with E-state index in [2.05, 4.69) is 10.3 Å². The lowest BCUT2D eigenvalue weighted by Crippen LogP contribution is -2.35. The predicted octanol–water partition coefficient (Wildman–Crippen LogP) is 0.736. The van der Waals surface area contributed by atoms with Gasteiger partial charge in [-0.15, -0.1) is 0 Å². The number of aromatic nitrogens is 1. The average Bonchev–Trinajstić information content (AvgIpc) is 2.30. The van der Waals surface area contributed by atoms with Gasteiger partial charge in [0.25, 0.3) is 0 Å². The molecule has 2 rings (SSSR count). The lowest BCUT2D eigenvalue weighted by molar-refractivity contribution is -0.121. The number of nitrogens with zero attached hydrogens (tertiary/aromatic N) is 1. The van der Waals surface area contributed by atoms with Crippen LogP contribution < -0.4 is 10.1 Å². The highest BCUT2D eigenvalue weighted by Crippen LogP contribution is 2.22. The lowest BCUT2D eigenvalue weighted by Gasteiger charge is -2.21. The minimum Gasteiger partial charge on any atom is -0.495 e. The third-order valence-electron chi connectivity index (χ3n) is 2.66. The predicted molar refractivity (Wildman–Crippen MR) is 56.0 cm³/mol. The summed E-state index contributed by atoms with van der Waals surface area (Å²) in [6.45, 7) is 1.49. The minimum absolute atomic E-state index is 0.0682. The first-order valence-electron chi connectivity index (χ1n) is 5.03. The number of hydrogen-bond donors (Lipinski definition) is 1. The van der Waals surface area contributed by atoms with E-state index in [1.54, 1.807) is 19.5 Å². The van der Waals surface area contributed by atoms with Crippen LogP contribution in [0.2, 0.25) is 0 Å². The second-order valence-corrected chi connectivity index (χ2v) is 3.63. The highest BCUT2D eigenvalue weighted by molar-refractivity contribution is 5.86. The number of pyridine rings is 1. The Morgan fingerprint density at radius 2 is 2.40 bits per heavy atom. The molecule has 1 aromatic heterocycles. The number of piperidine rings is 1. The van der Waals surface area contributed by atoms with Crippen LogP contribution in [0, 0.1) is 0 Å². The van der Waals surface area contributed by atoms with Crippen LogP contribution in [0.4, 0.5) is 0 Å². The summed E-state index contributed by atoms with van der Waals surface area (Å²) < 4.78 is 5.09. The molecule has 1 aliphatic rings. The fourth-order valence-electron chi connectivity index (χ4n) is 1.79. The van der Waals surface area contributed by atoms with Crippen LogP contribution in [0.5, 0.6) is 5.75 Å². The third-order valence-corrected chi connectivity index (χ3v) is 2.66. The van der Waals surface area contributed by atoms with Crippen molar-refractivity contribution in [2.24, 2.45) is 0 Å². The van der Waals surface area contributed by atoms with Crippen LogP contribution in [0.15, 0.2) is 18.5 Å². The van der Waals surface area contributed by atoms with E-state index in [9.17, 15) is 4.79 Å². The monoisotopic (exact) mass is 206 g/mol. The molecule has 1 fully saturated rings. The maximum absolute atomic E-state index is 11.7. The number of ether oxygens (including phenoxy) is 1. The number of rotatable bonds is 2. The van der Waals surface area contributed by atoms with E-state index in [1.807, 2.05) is 6.07 Å². The van der Waals surface area contributed by atoms with Gasteiger partial charge >= 0.3 is 0 Å². The summed E-state index contributed by atoms with van der Waals surface area (Å²) in [6, 6.07) is 1.88. The zero-order chi connectivity index (χ0) is 10.7. The smallest absolute Gasteiger partial charge is 0.142 e. The molecule has 4 nitrogen and oxygen atoms in total. The van der Waals surface area contributed by atoms with Crippen LogP contribution in [-0.2, 0) is 4.79 Å². The van der Waals surface area contributed by atoms with Gasteiger partial charge in [0, 0.05) is 25.7 Å². The standard InChI is InChI=1S/C11H14N2O2/c1-15-9-4-8(5-13-6-9)10-7-12-3-2-11(10)14/h4-6,10,12H,2-3,7H2,1H3. The Labute approximate surface area is 88.7 Å². The van der Waals surface area contributed by atoms with Gasteiger partial charge in [-0.05, 0) is 11.6 Å². The average molecular weight is 206 g/mol. The molecule has 1 aromatic rings. The summed E-state index contributed by atoms with van der Waals surface area (Å²) in [5.41, 5.74) is 0.937. The Balaban J connectivity index is 2.23. The zero-order valence-corrected chi connectivity index (χ0v) is 8.69. The van der Waals surface area contributed by atoms with Crippen molar-refractivity contribution in [3.8, 4) is 5.75 Å². The fourth-order valence-corrected chi connectivity index (χ4v) is 1.79. The van der Waals surface area contributed by atoms with E-state index >= 15 is 0 Å². The normalized spacial score (nSPS) is 21.4. The van der Waals surface area contributed by atoms with Gasteiger partial charge in [0.15, 0.2) is 0 Å². The number of Topliss-reactive ketones (excluding diaryl/α,β-unsaturated/α-hetero) is 1. The number of hydrogen-bond acceptors (Lipinski definition) is 4. The van der Waals surface area contributed by atoms with Crippen LogP contribution in [-0.4, -0.2) is 31.0 Å². The molecule has 2 heterocycles. The zero-order valence-electron chi connectivity index (χ0n) is 8.69. The Bertz CT molecular complexity index is 365. The van der Waals surface area contributed by atoms with Crippen LogP contribution >= 0.6 is 0 Å². The molecular formula is C11H14N2O2. The molecule has 1 unspecified atom stereocenters. The van der Waals surface area contributed by atoms with Gasteiger partial charge < -0.3 is 10.1 Å². The molecule has 0 aromatic carbocycles. The number of nitrogens with one attached hydrogen (secondary N) is 1. The first kappa shape index (κ1) is 10.1. The summed E-state index contributed by atoms with van der Waals surface area (Å²) in [4.78, 5) is 15.7. The van der Waals surface area contributed by atoms with E-state index in [-0.39, 0.29) is 11.7 Å². The topological polar surface area (TPSA) is 51.2 Å². The highest BCUT2D eigenvalue weighted by atomic mass is 16.5. The van der Waals surface area contributed by atoms with Crippen LogP contribution in [0.25, 0.3) is 0 Å². The van der Waals surface area contributed by atoms with E-state index in [0.717, 1.165) is 12.1 Å². The molecule has 1 N–H and O–H groups in total. The van der Waals surface area contributed by atoms with E-state index in [1.165, 1.54) is 0 Å². The van der Waals surface area contributed by atoms with Gasteiger partial charge in [0.05, 0.1) is 19.2 Å². The van der Waals surface area contributed by atoms with Gasteiger partial charge in [0.1, 0.15) is 11.5 Å². The number of carbonyl (C=O) groups is 1. The van der Waals surface area contributed by atoms with Gasteiger partial charge in [0.2, 0.25) is 0 Å². The van der Waals surface area contributed by atoms with Gasteiger partial charge in [-0.2, -0.15) is 0 Å². The maximum Gasteiger partial charge on any atom is 0.142 e. The molecule has 1 aliphatic heterocycles. The molecule has 1 atom stereocenters. The minimum atomic E-state index is -0.0682. The number of carbonyl (C=O) groups excluding carboxylic acids is 1. The van der Waals surface area contributed by atoms with E-state index in [4.69, 9.17) is 4.74 Å². The molecule has 0 aliphatic carbocycles. The quantitative estimate of drug-likeness (QED) is 0.775. The number of ketones is 1. The molecule has 4 heteroatoms. The lowest BCUT2D eigenvalue weighted by atomic mass is 9.91. The Kier molecular flexibility index (Phi) is 2.97. The molecular weight excluding hydrogens is 192 g/mol. The second kappa shape index (κ2) is 4.40. The molecule has 0 saturated carbocycles. The highest BCUT2D eigenvalue weighted by Gasteiger charge is 2.23. The Hall–Kier alpha value is -1.42. The van der Waals surface area contributed by atoms with Crippen LogP contribution in [0.3, 0.4) is 0 Å². The van der Waals surface area contributed by atoms with Crippen molar-refractivity contribution >= 4 is 5.78 Å². The molecule has 0 amide bonds. The van der Waals surface area contributed by atoms with Crippen molar-refractivity contribution in [2.75, 3.05) is 20.2 Å². The van der Waals surface area contributed by atoms with Gasteiger partial charge in [-0.3, -0.25) is 9.78 Å². The number of methoxy groups -OCH3 is 1. The Morgan fingerprint density at radius 3 is 3.13 bits per heavy atom. The van der Waals surface area contributed by atoms with Crippen molar-refractivity contribution in [2.45, 2.75) is 12.3 Å². The van der Waals surface area contributed by atoms with Crippen molar-refractivity contribution < 1.29 is 9.53 Å². The first-order valence-corrected chi connectivity index (χ1v) is 5.03. The summed E-state index contributed by atoms with van der Waals surface area (Å²) in [5.74, 6) is 0.913. The summed E-state index contributed by atoms with van der Waals surface area (Å²) in [6.07, 6.45) is 3.98. The van der Waals surface area contributed by atoms with Crippen molar-refractivity contribution in [1.29, 1.82) is 0 Å². The molecule has 0 spiro atoms. The maximum atomic E-state index is 11.7. The molecule has 0 bridgehead atoms. The van der Waals surface area contributed by atoms with Crippen LogP contribution in [0.1, 0.15) is 17.9 Å². The van der Waals surface area contributed by atoms with Crippen molar-refractivity contribution in [3.05, 3.63) is 24.0 Å². The van der Waals surface area contributed by atoms with Gasteiger partial charge in [-0.1, -0.05) is 0 Å². The third kappa shape index (κ3) is 2.15. The summed E-state index contributed by atoms with van der Waals surface area (Å²) in [7, 11) is 1.60. The van der Waals surface area contributed by atoms with Crippen molar-refractivity contribution in [1.82, 2.24) is 10.3 Å². The molecule has 15 heavy (non-hydrogen) atoms. The molecule has 80 valence electrons. The largest absolute Gasteiger partial charge is 0.495 e. The SMILES string of the molecule is COc1cncc(C2CNCCC2=O)c1.